The molecule has 0 aliphatic carbocycles. The molecule has 0 amide bonds. The van der Waals surface area contributed by atoms with Crippen LogP contribution < -0.4 is 0 Å². The average Bonchev–Trinajstić information content (AvgIpc) is 2.19. The molecule has 0 atom stereocenters. The molecule has 1 heterocycles. The summed E-state index contributed by atoms with van der Waals surface area (Å²) >= 11 is 0. The largest absolute Gasteiger partial charge is 0.508 e. The van der Waals surface area contributed by atoms with E-state index in [1.807, 2.05) is 18.2 Å². The normalized spacial score (nSPS) is 10.3. The van der Waals surface area contributed by atoms with E-state index in [-0.39, 0.29) is 5.75 Å². The van der Waals surface area contributed by atoms with Gasteiger partial charge in [0, 0.05) is 18.0 Å². The van der Waals surface area contributed by atoms with Gasteiger partial charge >= 0.3 is 0 Å². The maximum absolute atomic E-state index is 9.37. The Kier molecular flexibility index (Phi) is 2.19. The first kappa shape index (κ1) is 8.75. The van der Waals surface area contributed by atoms with Gasteiger partial charge in [-0.15, -0.1) is 6.58 Å². The minimum absolute atomic E-state index is 0.274. The second-order valence-electron chi connectivity index (χ2n) is 3.16. The van der Waals surface area contributed by atoms with Gasteiger partial charge in [-0.1, -0.05) is 12.1 Å². The van der Waals surface area contributed by atoms with Crippen LogP contribution in [0.1, 0.15) is 5.69 Å². The smallest absolute Gasteiger partial charge is 0.116 e. The monoisotopic (exact) mass is 185 g/mol. The predicted octanol–water partition coefficient (Wildman–Crippen LogP) is 2.67. The van der Waals surface area contributed by atoms with E-state index in [2.05, 4.69) is 11.6 Å². The summed E-state index contributed by atoms with van der Waals surface area (Å²) in [6, 6.07) is 7.24. The number of aromatic nitrogens is 1. The number of aromatic hydroxyl groups is 1. The van der Waals surface area contributed by atoms with Crippen molar-refractivity contribution >= 4 is 10.8 Å². The van der Waals surface area contributed by atoms with Crippen molar-refractivity contribution in [2.45, 2.75) is 6.42 Å². The zero-order valence-electron chi connectivity index (χ0n) is 7.77. The van der Waals surface area contributed by atoms with Crippen LogP contribution in [0.4, 0.5) is 0 Å². The number of benzene rings is 1. The maximum Gasteiger partial charge on any atom is 0.116 e. The number of pyridine rings is 1. The summed E-state index contributed by atoms with van der Waals surface area (Å²) in [7, 11) is 0. The van der Waals surface area contributed by atoms with Crippen molar-refractivity contribution in [3.63, 3.8) is 0 Å². The van der Waals surface area contributed by atoms with Crippen molar-refractivity contribution in [1.29, 1.82) is 0 Å². The van der Waals surface area contributed by atoms with E-state index >= 15 is 0 Å². The first-order valence-corrected chi connectivity index (χ1v) is 4.49. The molecule has 2 nitrogen and oxygen atoms in total. The molecule has 2 rings (SSSR count). The lowest BCUT2D eigenvalue weighted by Gasteiger charge is -2.03. The van der Waals surface area contributed by atoms with Crippen molar-refractivity contribution in [2.75, 3.05) is 0 Å². The van der Waals surface area contributed by atoms with Crippen molar-refractivity contribution in [1.82, 2.24) is 4.98 Å². The summed E-state index contributed by atoms with van der Waals surface area (Å²) < 4.78 is 0. The minimum Gasteiger partial charge on any atom is -0.508 e. The summed E-state index contributed by atoms with van der Waals surface area (Å²) in [5.74, 6) is 0.274. The molecular weight excluding hydrogens is 174 g/mol. The van der Waals surface area contributed by atoms with E-state index in [4.69, 9.17) is 0 Å². The quantitative estimate of drug-likeness (QED) is 0.729. The molecule has 1 aromatic carbocycles. The highest BCUT2D eigenvalue weighted by Crippen LogP contribution is 2.22. The van der Waals surface area contributed by atoms with Crippen LogP contribution in [0.5, 0.6) is 5.75 Å². The molecule has 1 aromatic heterocycles. The number of rotatable bonds is 2. The van der Waals surface area contributed by atoms with Crippen LogP contribution in [0.15, 0.2) is 43.1 Å². The molecule has 0 fully saturated rings. The van der Waals surface area contributed by atoms with Gasteiger partial charge in [0.1, 0.15) is 5.75 Å². The van der Waals surface area contributed by atoms with E-state index in [0.29, 0.717) is 0 Å². The fourth-order valence-corrected chi connectivity index (χ4v) is 1.52. The van der Waals surface area contributed by atoms with Gasteiger partial charge < -0.3 is 5.11 Å². The van der Waals surface area contributed by atoms with Crippen LogP contribution in [-0.4, -0.2) is 10.1 Å². The highest BCUT2D eigenvalue weighted by Gasteiger charge is 2.01. The zero-order chi connectivity index (χ0) is 9.97. The molecule has 0 radical (unpaired) electrons. The molecule has 1 N–H and O–H groups in total. The predicted molar refractivity (Wildman–Crippen MR) is 57.3 cm³/mol. The van der Waals surface area contributed by atoms with E-state index in [1.165, 1.54) is 0 Å². The SMILES string of the molecule is C=CCc1nccc2ccc(O)cc12. The van der Waals surface area contributed by atoms with Gasteiger partial charge in [-0.25, -0.2) is 0 Å². The molecule has 0 unspecified atom stereocenters. The molecule has 0 saturated heterocycles. The van der Waals surface area contributed by atoms with Crippen molar-refractivity contribution in [2.24, 2.45) is 0 Å². The Balaban J connectivity index is 2.70. The molecule has 0 saturated carbocycles. The molecule has 70 valence electrons. The van der Waals surface area contributed by atoms with E-state index < -0.39 is 0 Å². The Morgan fingerprint density at radius 1 is 1.36 bits per heavy atom. The average molecular weight is 185 g/mol. The standard InChI is InChI=1S/C12H11NO/c1-2-3-12-11-8-10(14)5-4-9(11)6-7-13-12/h2,4-8,14H,1,3H2. The first-order chi connectivity index (χ1) is 6.81. The number of hydrogen-bond donors (Lipinski definition) is 1. The van der Waals surface area contributed by atoms with E-state index in [1.54, 1.807) is 18.3 Å². The summed E-state index contributed by atoms with van der Waals surface area (Å²) in [4.78, 5) is 4.26. The van der Waals surface area contributed by atoms with Gasteiger partial charge in [0.15, 0.2) is 0 Å². The van der Waals surface area contributed by atoms with Crippen LogP contribution in [0.3, 0.4) is 0 Å². The topological polar surface area (TPSA) is 33.1 Å². The third kappa shape index (κ3) is 1.46. The summed E-state index contributed by atoms with van der Waals surface area (Å²) in [5, 5.41) is 11.5. The number of phenolic OH excluding ortho intramolecular Hbond substituents is 1. The van der Waals surface area contributed by atoms with E-state index in [0.717, 1.165) is 22.9 Å². The summed E-state index contributed by atoms with van der Waals surface area (Å²) in [6.45, 7) is 3.68. The molecule has 0 aliphatic heterocycles. The van der Waals surface area contributed by atoms with Gasteiger partial charge in [0.25, 0.3) is 0 Å². The summed E-state index contributed by atoms with van der Waals surface area (Å²) in [5.41, 5.74) is 0.952. The highest BCUT2D eigenvalue weighted by molar-refractivity contribution is 5.85. The lowest BCUT2D eigenvalue weighted by atomic mass is 10.1. The Bertz CT molecular complexity index is 477. The van der Waals surface area contributed by atoms with Gasteiger partial charge in [-0.05, 0) is 23.6 Å². The minimum atomic E-state index is 0.274. The second kappa shape index (κ2) is 3.50. The van der Waals surface area contributed by atoms with Crippen LogP contribution in [0.2, 0.25) is 0 Å². The lowest BCUT2D eigenvalue weighted by molar-refractivity contribution is 0.476. The lowest BCUT2D eigenvalue weighted by Crippen LogP contribution is -1.88. The van der Waals surface area contributed by atoms with Gasteiger partial charge in [0.05, 0.1) is 5.69 Å². The maximum atomic E-state index is 9.37. The number of allylic oxidation sites excluding steroid dienone is 1. The van der Waals surface area contributed by atoms with Crippen molar-refractivity contribution in [3.8, 4) is 5.75 Å². The fourth-order valence-electron chi connectivity index (χ4n) is 1.52. The number of nitrogens with zero attached hydrogens (tertiary/aromatic N) is 1. The molecule has 0 aliphatic rings. The molecule has 0 bridgehead atoms. The molecule has 0 spiro atoms. The Morgan fingerprint density at radius 2 is 2.21 bits per heavy atom. The number of phenols is 1. The van der Waals surface area contributed by atoms with Crippen molar-refractivity contribution < 1.29 is 5.11 Å². The third-order valence-corrected chi connectivity index (χ3v) is 2.17. The van der Waals surface area contributed by atoms with Crippen molar-refractivity contribution in [3.05, 3.63) is 48.8 Å². The van der Waals surface area contributed by atoms with Crippen LogP contribution in [0.25, 0.3) is 10.8 Å². The molecule has 14 heavy (non-hydrogen) atoms. The van der Waals surface area contributed by atoms with Crippen LogP contribution >= 0.6 is 0 Å². The van der Waals surface area contributed by atoms with Gasteiger partial charge in [0.2, 0.25) is 0 Å². The van der Waals surface area contributed by atoms with Gasteiger partial charge in [-0.2, -0.15) is 0 Å². The molecular formula is C12H11NO. The number of fused-ring (bicyclic) bond motifs is 1. The third-order valence-electron chi connectivity index (χ3n) is 2.17. The second-order valence-corrected chi connectivity index (χ2v) is 3.16. The van der Waals surface area contributed by atoms with Crippen LogP contribution in [-0.2, 0) is 6.42 Å². The van der Waals surface area contributed by atoms with Crippen LogP contribution in [0, 0.1) is 0 Å². The number of hydrogen-bond acceptors (Lipinski definition) is 2. The molecule has 2 heteroatoms. The molecule has 2 aromatic rings. The van der Waals surface area contributed by atoms with E-state index in [9.17, 15) is 5.11 Å². The van der Waals surface area contributed by atoms with Gasteiger partial charge in [-0.3, -0.25) is 4.98 Å². The Morgan fingerprint density at radius 3 is 3.00 bits per heavy atom. The highest BCUT2D eigenvalue weighted by atomic mass is 16.3. The Hall–Kier alpha value is -1.83. The summed E-state index contributed by atoms with van der Waals surface area (Å²) in [6.07, 6.45) is 4.31. The zero-order valence-corrected chi connectivity index (χ0v) is 7.77. The first-order valence-electron chi connectivity index (χ1n) is 4.49. The fraction of sp³-hybridized carbons (Fsp3) is 0.0833. The Labute approximate surface area is 82.5 Å².